The summed E-state index contributed by atoms with van der Waals surface area (Å²) in [5, 5.41) is 27.2. The minimum atomic E-state index is -0.584. The third kappa shape index (κ3) is 4.85. The van der Waals surface area contributed by atoms with Crippen LogP contribution in [0.15, 0.2) is 84.9 Å². The van der Waals surface area contributed by atoms with E-state index >= 15 is 0 Å². The van der Waals surface area contributed by atoms with Crippen LogP contribution in [0.3, 0.4) is 0 Å². The van der Waals surface area contributed by atoms with Crippen LogP contribution in [-0.2, 0) is 0 Å². The normalized spacial score (nSPS) is 13.0. The predicted octanol–water partition coefficient (Wildman–Crippen LogP) is 3.98. The first-order valence-electron chi connectivity index (χ1n) is 8.77. The van der Waals surface area contributed by atoms with Crippen molar-refractivity contribution in [3.63, 3.8) is 0 Å². The fourth-order valence-electron chi connectivity index (χ4n) is 2.79. The molecule has 0 aliphatic heterocycles. The van der Waals surface area contributed by atoms with E-state index < -0.39 is 12.2 Å². The molecule has 0 saturated heterocycles. The standard InChI is InChI=1S/C22H24N2O2/c25-21(17-9-3-1-4-10-17)15-23-19-13-7-8-14-20(19)24-16-22(26)18-11-5-2-6-12-18/h1-14,21-26H,15-16H2. The summed E-state index contributed by atoms with van der Waals surface area (Å²) < 4.78 is 0. The molecule has 3 aromatic rings. The first kappa shape index (κ1) is 18.0. The van der Waals surface area contributed by atoms with Gasteiger partial charge in [0.05, 0.1) is 23.6 Å². The van der Waals surface area contributed by atoms with Gasteiger partial charge in [-0.05, 0) is 23.3 Å². The van der Waals surface area contributed by atoms with Gasteiger partial charge in [0.15, 0.2) is 0 Å². The molecule has 4 N–H and O–H groups in total. The Morgan fingerprint density at radius 3 is 1.27 bits per heavy atom. The number of anilines is 2. The number of aliphatic hydroxyl groups is 2. The summed E-state index contributed by atoms with van der Waals surface area (Å²) in [6.45, 7) is 0.813. The van der Waals surface area contributed by atoms with Crippen LogP contribution in [0.1, 0.15) is 23.3 Å². The molecule has 4 heteroatoms. The van der Waals surface area contributed by atoms with Crippen molar-refractivity contribution in [2.45, 2.75) is 12.2 Å². The lowest BCUT2D eigenvalue weighted by atomic mass is 10.1. The van der Waals surface area contributed by atoms with E-state index in [-0.39, 0.29) is 0 Å². The maximum Gasteiger partial charge on any atom is 0.0962 e. The molecule has 0 spiro atoms. The van der Waals surface area contributed by atoms with E-state index in [4.69, 9.17) is 0 Å². The minimum absolute atomic E-state index is 0.407. The monoisotopic (exact) mass is 348 g/mol. The number of hydrogen-bond acceptors (Lipinski definition) is 4. The Kier molecular flexibility index (Phi) is 6.25. The zero-order valence-electron chi connectivity index (χ0n) is 14.5. The number of hydrogen-bond donors (Lipinski definition) is 4. The average Bonchev–Trinajstić information content (AvgIpc) is 2.72. The van der Waals surface area contributed by atoms with Gasteiger partial charge in [0, 0.05) is 13.1 Å². The van der Waals surface area contributed by atoms with Gasteiger partial charge < -0.3 is 20.8 Å². The molecular formula is C22H24N2O2. The van der Waals surface area contributed by atoms with Crippen LogP contribution in [0.4, 0.5) is 11.4 Å². The molecule has 134 valence electrons. The van der Waals surface area contributed by atoms with Crippen LogP contribution in [0.5, 0.6) is 0 Å². The van der Waals surface area contributed by atoms with Crippen molar-refractivity contribution in [2.75, 3.05) is 23.7 Å². The molecular weight excluding hydrogens is 324 g/mol. The van der Waals surface area contributed by atoms with E-state index in [1.165, 1.54) is 0 Å². The summed E-state index contributed by atoms with van der Waals surface area (Å²) in [6.07, 6.45) is -1.17. The lowest BCUT2D eigenvalue weighted by Crippen LogP contribution is -2.16. The molecule has 4 nitrogen and oxygen atoms in total. The predicted molar refractivity (Wildman–Crippen MR) is 106 cm³/mol. The molecule has 2 atom stereocenters. The molecule has 0 bridgehead atoms. The van der Waals surface area contributed by atoms with Gasteiger partial charge in [0.25, 0.3) is 0 Å². The number of benzene rings is 3. The van der Waals surface area contributed by atoms with Gasteiger partial charge in [-0.25, -0.2) is 0 Å². The quantitative estimate of drug-likeness (QED) is 0.497. The van der Waals surface area contributed by atoms with Gasteiger partial charge in [0.2, 0.25) is 0 Å². The maximum absolute atomic E-state index is 10.3. The molecule has 0 fully saturated rings. The topological polar surface area (TPSA) is 64.5 Å². The Morgan fingerprint density at radius 2 is 0.885 bits per heavy atom. The van der Waals surface area contributed by atoms with E-state index in [9.17, 15) is 10.2 Å². The SMILES string of the molecule is OC(CNc1ccccc1NCC(O)c1ccccc1)c1ccccc1. The third-order valence-electron chi connectivity index (χ3n) is 4.27. The van der Waals surface area contributed by atoms with E-state index in [2.05, 4.69) is 10.6 Å². The summed E-state index contributed by atoms with van der Waals surface area (Å²) in [7, 11) is 0. The molecule has 0 saturated carbocycles. The zero-order valence-corrected chi connectivity index (χ0v) is 14.5. The largest absolute Gasteiger partial charge is 0.387 e. The molecule has 0 aliphatic carbocycles. The number of para-hydroxylation sites is 2. The van der Waals surface area contributed by atoms with Gasteiger partial charge in [-0.1, -0.05) is 72.8 Å². The Labute approximate surface area is 154 Å². The van der Waals surface area contributed by atoms with Gasteiger partial charge in [0.1, 0.15) is 0 Å². The van der Waals surface area contributed by atoms with Crippen molar-refractivity contribution < 1.29 is 10.2 Å². The first-order chi connectivity index (χ1) is 12.7. The number of nitrogens with one attached hydrogen (secondary N) is 2. The fourth-order valence-corrected chi connectivity index (χ4v) is 2.79. The fraction of sp³-hybridized carbons (Fsp3) is 0.182. The molecule has 2 unspecified atom stereocenters. The van der Waals surface area contributed by atoms with Crippen molar-refractivity contribution in [1.29, 1.82) is 0 Å². The molecule has 3 aromatic carbocycles. The second kappa shape index (κ2) is 9.04. The maximum atomic E-state index is 10.3. The Morgan fingerprint density at radius 1 is 0.538 bits per heavy atom. The van der Waals surface area contributed by atoms with Crippen LogP contribution in [-0.4, -0.2) is 23.3 Å². The molecule has 26 heavy (non-hydrogen) atoms. The van der Waals surface area contributed by atoms with E-state index in [0.717, 1.165) is 22.5 Å². The molecule has 0 aromatic heterocycles. The van der Waals surface area contributed by atoms with Gasteiger partial charge in [-0.3, -0.25) is 0 Å². The summed E-state index contributed by atoms with van der Waals surface area (Å²) in [5.41, 5.74) is 3.54. The van der Waals surface area contributed by atoms with E-state index in [1.54, 1.807) is 0 Å². The Balaban J connectivity index is 1.59. The Bertz CT molecular complexity index is 725. The van der Waals surface area contributed by atoms with Crippen LogP contribution in [0.25, 0.3) is 0 Å². The summed E-state index contributed by atoms with van der Waals surface area (Å²) >= 11 is 0. The van der Waals surface area contributed by atoms with Crippen LogP contribution in [0, 0.1) is 0 Å². The van der Waals surface area contributed by atoms with Crippen LogP contribution >= 0.6 is 0 Å². The van der Waals surface area contributed by atoms with Crippen LogP contribution in [0.2, 0.25) is 0 Å². The molecule has 0 heterocycles. The molecule has 0 amide bonds. The van der Waals surface area contributed by atoms with Crippen LogP contribution < -0.4 is 10.6 Å². The third-order valence-corrected chi connectivity index (χ3v) is 4.27. The van der Waals surface area contributed by atoms with Crippen molar-refractivity contribution >= 4 is 11.4 Å². The summed E-state index contributed by atoms with van der Waals surface area (Å²) in [6, 6.07) is 27.0. The Hall–Kier alpha value is -2.82. The highest BCUT2D eigenvalue weighted by Gasteiger charge is 2.10. The van der Waals surface area contributed by atoms with Crippen molar-refractivity contribution in [2.24, 2.45) is 0 Å². The van der Waals surface area contributed by atoms with E-state index in [0.29, 0.717) is 13.1 Å². The lowest BCUT2D eigenvalue weighted by molar-refractivity contribution is 0.191. The van der Waals surface area contributed by atoms with Gasteiger partial charge >= 0.3 is 0 Å². The minimum Gasteiger partial charge on any atom is -0.387 e. The highest BCUT2D eigenvalue weighted by atomic mass is 16.3. The highest BCUT2D eigenvalue weighted by molar-refractivity contribution is 5.68. The van der Waals surface area contributed by atoms with Crippen molar-refractivity contribution in [3.05, 3.63) is 96.1 Å². The van der Waals surface area contributed by atoms with Gasteiger partial charge in [-0.2, -0.15) is 0 Å². The highest BCUT2D eigenvalue weighted by Crippen LogP contribution is 2.23. The molecule has 0 aliphatic rings. The molecule has 3 rings (SSSR count). The first-order valence-corrected chi connectivity index (χ1v) is 8.77. The zero-order chi connectivity index (χ0) is 18.2. The second-order valence-corrected chi connectivity index (χ2v) is 6.16. The average molecular weight is 348 g/mol. The van der Waals surface area contributed by atoms with E-state index in [1.807, 2.05) is 84.9 Å². The summed E-state index contributed by atoms with van der Waals surface area (Å²) in [5.74, 6) is 0. The van der Waals surface area contributed by atoms with Crippen molar-refractivity contribution in [3.8, 4) is 0 Å². The summed E-state index contributed by atoms with van der Waals surface area (Å²) in [4.78, 5) is 0. The smallest absolute Gasteiger partial charge is 0.0962 e. The van der Waals surface area contributed by atoms with Gasteiger partial charge in [-0.15, -0.1) is 0 Å². The number of aliphatic hydroxyl groups excluding tert-OH is 2. The van der Waals surface area contributed by atoms with Crippen molar-refractivity contribution in [1.82, 2.24) is 0 Å². The molecule has 0 radical (unpaired) electrons. The second-order valence-electron chi connectivity index (χ2n) is 6.16. The number of rotatable bonds is 8. The lowest BCUT2D eigenvalue weighted by Gasteiger charge is -2.18.